The highest BCUT2D eigenvalue weighted by atomic mass is 16.5. The zero-order chi connectivity index (χ0) is 16.1. The molecule has 1 heterocycles. The van der Waals surface area contributed by atoms with Gasteiger partial charge < -0.3 is 9.64 Å². The Balaban J connectivity index is 1.50. The van der Waals surface area contributed by atoms with Gasteiger partial charge in [0.2, 0.25) is 0 Å². The molecule has 0 radical (unpaired) electrons. The molecule has 1 aliphatic heterocycles. The second kappa shape index (κ2) is 7.82. The first-order valence-corrected chi connectivity index (χ1v) is 8.92. The lowest BCUT2D eigenvalue weighted by atomic mass is 9.89. The molecular weight excluding hydrogens is 288 g/mol. The molecule has 0 N–H and O–H groups in total. The quantitative estimate of drug-likeness (QED) is 0.856. The van der Waals surface area contributed by atoms with Crippen LogP contribution in [-0.2, 0) is 0 Å². The van der Waals surface area contributed by atoms with Gasteiger partial charge in [-0.1, -0.05) is 25.3 Å². The summed E-state index contributed by atoms with van der Waals surface area (Å²) in [4.78, 5) is 17.1. The summed E-state index contributed by atoms with van der Waals surface area (Å²) in [5.41, 5.74) is 0.727. The fourth-order valence-electron chi connectivity index (χ4n) is 3.81. The van der Waals surface area contributed by atoms with Gasteiger partial charge in [0.05, 0.1) is 7.11 Å². The first-order chi connectivity index (χ1) is 11.3. The van der Waals surface area contributed by atoms with Gasteiger partial charge in [0.25, 0.3) is 5.91 Å². The van der Waals surface area contributed by atoms with Crippen LogP contribution >= 0.6 is 0 Å². The second-order valence-electron chi connectivity index (χ2n) is 6.83. The molecular formula is C19H28N2O2. The molecule has 1 amide bonds. The molecule has 1 saturated heterocycles. The first kappa shape index (κ1) is 16.3. The molecule has 126 valence electrons. The van der Waals surface area contributed by atoms with Crippen molar-refractivity contribution in [2.45, 2.75) is 32.1 Å². The van der Waals surface area contributed by atoms with Crippen LogP contribution in [0, 0.1) is 5.92 Å². The molecule has 1 aromatic carbocycles. The van der Waals surface area contributed by atoms with E-state index in [1.54, 1.807) is 7.11 Å². The average Bonchev–Trinajstić information content (AvgIpc) is 2.63. The van der Waals surface area contributed by atoms with E-state index in [4.69, 9.17) is 4.74 Å². The highest BCUT2D eigenvalue weighted by Gasteiger charge is 2.24. The van der Waals surface area contributed by atoms with Crippen LogP contribution in [0.15, 0.2) is 24.3 Å². The summed E-state index contributed by atoms with van der Waals surface area (Å²) < 4.78 is 5.21. The van der Waals surface area contributed by atoms with E-state index in [9.17, 15) is 4.79 Å². The number of ether oxygens (including phenoxy) is 1. The van der Waals surface area contributed by atoms with Crippen LogP contribution in [-0.4, -0.2) is 55.5 Å². The normalized spacial score (nSPS) is 20.5. The Labute approximate surface area is 139 Å². The lowest BCUT2D eigenvalue weighted by Gasteiger charge is -2.37. The Morgan fingerprint density at radius 3 is 2.57 bits per heavy atom. The second-order valence-corrected chi connectivity index (χ2v) is 6.83. The van der Waals surface area contributed by atoms with E-state index in [2.05, 4.69) is 4.90 Å². The maximum absolute atomic E-state index is 12.6. The molecule has 1 aromatic rings. The van der Waals surface area contributed by atoms with Crippen molar-refractivity contribution in [3.63, 3.8) is 0 Å². The predicted molar refractivity (Wildman–Crippen MR) is 91.9 cm³/mol. The maximum atomic E-state index is 12.6. The highest BCUT2D eigenvalue weighted by Crippen LogP contribution is 2.25. The Bertz CT molecular complexity index is 518. The lowest BCUT2D eigenvalue weighted by molar-refractivity contribution is 0.0606. The molecule has 4 heteroatoms. The predicted octanol–water partition coefficient (Wildman–Crippen LogP) is 3.03. The number of amides is 1. The molecule has 4 nitrogen and oxygen atoms in total. The smallest absolute Gasteiger partial charge is 0.254 e. The summed E-state index contributed by atoms with van der Waals surface area (Å²) in [7, 11) is 1.63. The van der Waals surface area contributed by atoms with Crippen LogP contribution < -0.4 is 4.74 Å². The highest BCUT2D eigenvalue weighted by molar-refractivity contribution is 5.94. The van der Waals surface area contributed by atoms with Crippen LogP contribution in [0.3, 0.4) is 0 Å². The fraction of sp³-hybridized carbons (Fsp3) is 0.632. The van der Waals surface area contributed by atoms with Crippen LogP contribution in [0.2, 0.25) is 0 Å². The Morgan fingerprint density at radius 2 is 1.87 bits per heavy atom. The van der Waals surface area contributed by atoms with Gasteiger partial charge in [-0.05, 0) is 37.0 Å². The standard InChI is InChI=1S/C19H28N2O2/c1-23-18-9-5-8-17(14-18)19(22)21-12-10-20(11-13-21)15-16-6-3-2-4-7-16/h5,8-9,14,16H,2-4,6-7,10-13,15H2,1H3. The summed E-state index contributed by atoms with van der Waals surface area (Å²) in [6.07, 6.45) is 7.00. The van der Waals surface area contributed by atoms with Gasteiger partial charge in [-0.15, -0.1) is 0 Å². The Hall–Kier alpha value is -1.55. The van der Waals surface area contributed by atoms with Gasteiger partial charge >= 0.3 is 0 Å². The van der Waals surface area contributed by atoms with Crippen molar-refractivity contribution in [3.8, 4) is 5.75 Å². The molecule has 23 heavy (non-hydrogen) atoms. The zero-order valence-electron chi connectivity index (χ0n) is 14.2. The third kappa shape index (κ3) is 4.25. The van der Waals surface area contributed by atoms with E-state index in [-0.39, 0.29) is 5.91 Å². The average molecular weight is 316 g/mol. The molecule has 0 unspecified atom stereocenters. The first-order valence-electron chi connectivity index (χ1n) is 8.92. The van der Waals surface area contributed by atoms with E-state index in [0.29, 0.717) is 0 Å². The number of piperazine rings is 1. The third-order valence-electron chi connectivity index (χ3n) is 5.22. The van der Waals surface area contributed by atoms with Gasteiger partial charge in [0.1, 0.15) is 5.75 Å². The monoisotopic (exact) mass is 316 g/mol. The maximum Gasteiger partial charge on any atom is 0.254 e. The zero-order valence-corrected chi connectivity index (χ0v) is 14.2. The molecule has 1 saturated carbocycles. The fourth-order valence-corrected chi connectivity index (χ4v) is 3.81. The Morgan fingerprint density at radius 1 is 1.13 bits per heavy atom. The van der Waals surface area contributed by atoms with Gasteiger partial charge in [-0.3, -0.25) is 9.69 Å². The molecule has 2 fully saturated rings. The minimum absolute atomic E-state index is 0.126. The van der Waals surface area contributed by atoms with Crippen molar-refractivity contribution in [1.82, 2.24) is 9.80 Å². The SMILES string of the molecule is COc1cccc(C(=O)N2CCN(CC3CCCCC3)CC2)c1. The number of benzene rings is 1. The number of hydrogen-bond acceptors (Lipinski definition) is 3. The van der Waals surface area contributed by atoms with Crippen LogP contribution in [0.1, 0.15) is 42.5 Å². The van der Waals surface area contributed by atoms with E-state index < -0.39 is 0 Å². The molecule has 0 atom stereocenters. The number of hydrogen-bond donors (Lipinski definition) is 0. The topological polar surface area (TPSA) is 32.8 Å². The van der Waals surface area contributed by atoms with Gasteiger partial charge in [0.15, 0.2) is 0 Å². The largest absolute Gasteiger partial charge is 0.497 e. The number of methoxy groups -OCH3 is 1. The Kier molecular flexibility index (Phi) is 5.55. The third-order valence-corrected chi connectivity index (χ3v) is 5.22. The van der Waals surface area contributed by atoms with Gasteiger partial charge in [0, 0.05) is 38.3 Å². The molecule has 0 spiro atoms. The summed E-state index contributed by atoms with van der Waals surface area (Å²) in [5, 5.41) is 0. The van der Waals surface area contributed by atoms with Gasteiger partial charge in [-0.25, -0.2) is 0 Å². The van der Waals surface area contributed by atoms with Crippen molar-refractivity contribution in [2.24, 2.45) is 5.92 Å². The lowest BCUT2D eigenvalue weighted by Crippen LogP contribution is -2.49. The van der Waals surface area contributed by atoms with Crippen molar-refractivity contribution in [1.29, 1.82) is 0 Å². The van der Waals surface area contributed by atoms with E-state index in [0.717, 1.165) is 43.4 Å². The van der Waals surface area contributed by atoms with E-state index >= 15 is 0 Å². The van der Waals surface area contributed by atoms with Crippen LogP contribution in [0.4, 0.5) is 0 Å². The minimum Gasteiger partial charge on any atom is -0.497 e. The number of nitrogens with zero attached hydrogens (tertiary/aromatic N) is 2. The number of carbonyl (C=O) groups excluding carboxylic acids is 1. The molecule has 0 bridgehead atoms. The number of rotatable bonds is 4. The van der Waals surface area contributed by atoms with Crippen LogP contribution in [0.5, 0.6) is 5.75 Å². The van der Waals surface area contributed by atoms with Crippen molar-refractivity contribution in [2.75, 3.05) is 39.8 Å². The summed E-state index contributed by atoms with van der Waals surface area (Å²) in [6.45, 7) is 4.91. The molecule has 0 aromatic heterocycles. The summed E-state index contributed by atoms with van der Waals surface area (Å²) in [5.74, 6) is 1.75. The molecule has 3 rings (SSSR count). The summed E-state index contributed by atoms with van der Waals surface area (Å²) >= 11 is 0. The van der Waals surface area contributed by atoms with Crippen molar-refractivity contribution in [3.05, 3.63) is 29.8 Å². The minimum atomic E-state index is 0.126. The van der Waals surface area contributed by atoms with E-state index in [1.807, 2.05) is 29.2 Å². The van der Waals surface area contributed by atoms with Crippen molar-refractivity contribution >= 4 is 5.91 Å². The molecule has 2 aliphatic rings. The van der Waals surface area contributed by atoms with E-state index in [1.165, 1.54) is 38.6 Å². The molecule has 1 aliphatic carbocycles. The summed E-state index contributed by atoms with van der Waals surface area (Å²) in [6, 6.07) is 7.46. The number of carbonyl (C=O) groups is 1. The van der Waals surface area contributed by atoms with Gasteiger partial charge in [-0.2, -0.15) is 0 Å². The van der Waals surface area contributed by atoms with Crippen molar-refractivity contribution < 1.29 is 9.53 Å². The van der Waals surface area contributed by atoms with Crippen LogP contribution in [0.25, 0.3) is 0 Å².